The number of hydrogen-bond acceptors (Lipinski definition) is 3. The van der Waals surface area contributed by atoms with Gasteiger partial charge in [0.05, 0.1) is 6.10 Å². The average molecular weight is 198 g/mol. The van der Waals surface area contributed by atoms with E-state index in [0.29, 0.717) is 5.92 Å². The maximum atomic E-state index is 10.7. The largest absolute Gasteiger partial charge is 0.455 e. The minimum absolute atomic E-state index is 0.0382. The molecule has 3 unspecified atom stereocenters. The number of aliphatic hydroxyl groups excluding tert-OH is 1. The van der Waals surface area contributed by atoms with Gasteiger partial charge in [-0.2, -0.15) is 0 Å². The molecule has 80 valence electrons. The predicted molar refractivity (Wildman–Crippen MR) is 53.7 cm³/mol. The van der Waals surface area contributed by atoms with Crippen LogP contribution in [0.5, 0.6) is 0 Å². The van der Waals surface area contributed by atoms with Crippen molar-refractivity contribution in [1.29, 1.82) is 0 Å². The Balaban J connectivity index is 2.10. The van der Waals surface area contributed by atoms with Crippen molar-refractivity contribution in [3.05, 3.63) is 12.2 Å². The Kier molecular flexibility index (Phi) is 4.14. The lowest BCUT2D eigenvalue weighted by atomic mass is 9.98. The van der Waals surface area contributed by atoms with Crippen LogP contribution >= 0.6 is 0 Å². The van der Waals surface area contributed by atoms with Crippen molar-refractivity contribution < 1.29 is 14.6 Å². The zero-order chi connectivity index (χ0) is 10.6. The molecule has 0 saturated heterocycles. The number of carbonyl (C=O) groups excluding carboxylic acids is 1. The second-order valence-corrected chi connectivity index (χ2v) is 3.98. The summed E-state index contributed by atoms with van der Waals surface area (Å²) in [6, 6.07) is 0. The third-order valence-corrected chi connectivity index (χ3v) is 2.69. The first-order valence-electron chi connectivity index (χ1n) is 5.16. The monoisotopic (exact) mass is 198 g/mol. The van der Waals surface area contributed by atoms with Gasteiger partial charge in [0.1, 0.15) is 6.10 Å². The first-order chi connectivity index (χ1) is 6.59. The predicted octanol–water partition coefficient (Wildman–Crippen LogP) is 1.66. The number of cyclic esters (lactones) is 1. The van der Waals surface area contributed by atoms with Crippen LogP contribution in [-0.4, -0.2) is 23.3 Å². The van der Waals surface area contributed by atoms with Gasteiger partial charge in [-0.15, -0.1) is 0 Å². The van der Waals surface area contributed by atoms with Gasteiger partial charge in [0.2, 0.25) is 0 Å². The normalized spacial score (nSPS) is 24.8. The maximum Gasteiger partial charge on any atom is 0.331 e. The second kappa shape index (κ2) is 5.15. The molecule has 14 heavy (non-hydrogen) atoms. The summed E-state index contributed by atoms with van der Waals surface area (Å²) >= 11 is 0. The quantitative estimate of drug-likeness (QED) is 0.683. The molecule has 0 aromatic heterocycles. The van der Waals surface area contributed by atoms with E-state index in [-0.39, 0.29) is 18.2 Å². The molecule has 1 rings (SSSR count). The van der Waals surface area contributed by atoms with Crippen molar-refractivity contribution in [3.63, 3.8) is 0 Å². The van der Waals surface area contributed by atoms with Crippen LogP contribution in [0.15, 0.2) is 12.2 Å². The average Bonchev–Trinajstić information content (AvgIpc) is 2.51. The summed E-state index contributed by atoms with van der Waals surface area (Å²) in [6.45, 7) is 3.83. The summed E-state index contributed by atoms with van der Waals surface area (Å²) < 4.78 is 4.99. The lowest BCUT2D eigenvalue weighted by Crippen LogP contribution is -2.14. The summed E-state index contributed by atoms with van der Waals surface area (Å²) in [7, 11) is 0. The molecule has 0 saturated carbocycles. The van der Waals surface area contributed by atoms with Gasteiger partial charge in [0, 0.05) is 6.08 Å². The number of carbonyl (C=O) groups is 1. The molecule has 0 spiro atoms. The molecule has 0 aromatic rings. The highest BCUT2D eigenvalue weighted by Gasteiger charge is 2.16. The van der Waals surface area contributed by atoms with E-state index in [1.165, 1.54) is 6.08 Å². The summed E-state index contributed by atoms with van der Waals surface area (Å²) in [5.74, 6) is 0.0784. The van der Waals surface area contributed by atoms with E-state index < -0.39 is 0 Å². The molecule has 3 nitrogen and oxygen atoms in total. The summed E-state index contributed by atoms with van der Waals surface area (Å²) in [4.78, 5) is 10.7. The second-order valence-electron chi connectivity index (χ2n) is 3.98. The Hall–Kier alpha value is -0.830. The van der Waals surface area contributed by atoms with Crippen LogP contribution in [0, 0.1) is 5.92 Å². The highest BCUT2D eigenvalue weighted by molar-refractivity contribution is 5.84. The molecule has 1 N–H and O–H groups in total. The molecule has 0 radical (unpaired) electrons. The standard InChI is InChI=1S/C11H18O3/c1-8(9(2)12)4-3-5-10-6-7-11(13)14-10/h6-10,12H,3-5H2,1-2H3. The zero-order valence-corrected chi connectivity index (χ0v) is 8.77. The van der Waals surface area contributed by atoms with E-state index in [2.05, 4.69) is 0 Å². The Morgan fingerprint density at radius 1 is 1.57 bits per heavy atom. The van der Waals surface area contributed by atoms with Gasteiger partial charge in [0.25, 0.3) is 0 Å². The van der Waals surface area contributed by atoms with Gasteiger partial charge in [-0.1, -0.05) is 6.92 Å². The van der Waals surface area contributed by atoms with Crippen molar-refractivity contribution in [2.75, 3.05) is 0 Å². The van der Waals surface area contributed by atoms with Crippen molar-refractivity contribution in [3.8, 4) is 0 Å². The smallest absolute Gasteiger partial charge is 0.331 e. The van der Waals surface area contributed by atoms with Gasteiger partial charge in [0.15, 0.2) is 0 Å². The number of esters is 1. The van der Waals surface area contributed by atoms with Crippen LogP contribution in [0.2, 0.25) is 0 Å². The fourth-order valence-electron chi connectivity index (χ4n) is 1.45. The number of rotatable bonds is 5. The lowest BCUT2D eigenvalue weighted by Gasteiger charge is -2.15. The highest BCUT2D eigenvalue weighted by atomic mass is 16.5. The fraction of sp³-hybridized carbons (Fsp3) is 0.727. The molecule has 1 heterocycles. The van der Waals surface area contributed by atoms with E-state index in [1.807, 2.05) is 6.92 Å². The first kappa shape index (κ1) is 11.2. The number of ether oxygens (including phenoxy) is 1. The minimum atomic E-state index is -0.253. The molecule has 0 bridgehead atoms. The van der Waals surface area contributed by atoms with Gasteiger partial charge >= 0.3 is 5.97 Å². The van der Waals surface area contributed by atoms with Gasteiger partial charge < -0.3 is 9.84 Å². The molecular weight excluding hydrogens is 180 g/mol. The van der Waals surface area contributed by atoms with Crippen molar-refractivity contribution >= 4 is 5.97 Å². The molecule has 0 amide bonds. The SMILES string of the molecule is CC(O)C(C)CCCC1C=CC(=O)O1. The van der Waals surface area contributed by atoms with Crippen LogP contribution in [-0.2, 0) is 9.53 Å². The molecule has 3 heteroatoms. The summed E-state index contributed by atoms with van der Waals surface area (Å²) in [5.41, 5.74) is 0. The molecule has 0 aliphatic carbocycles. The Labute approximate surface area is 84.8 Å². The van der Waals surface area contributed by atoms with E-state index in [9.17, 15) is 9.90 Å². The minimum Gasteiger partial charge on any atom is -0.455 e. The van der Waals surface area contributed by atoms with Crippen LogP contribution in [0.4, 0.5) is 0 Å². The molecule has 1 aliphatic heterocycles. The summed E-state index contributed by atoms with van der Waals surface area (Å²) in [5, 5.41) is 9.26. The van der Waals surface area contributed by atoms with Crippen LogP contribution in [0.3, 0.4) is 0 Å². The van der Waals surface area contributed by atoms with E-state index in [1.54, 1.807) is 13.0 Å². The first-order valence-corrected chi connectivity index (χ1v) is 5.16. The van der Waals surface area contributed by atoms with E-state index in [4.69, 9.17) is 4.74 Å². The molecule has 1 aliphatic rings. The lowest BCUT2D eigenvalue weighted by molar-refractivity contribution is -0.138. The molecule has 0 fully saturated rings. The topological polar surface area (TPSA) is 46.5 Å². The third kappa shape index (κ3) is 3.50. The van der Waals surface area contributed by atoms with Crippen LogP contribution in [0.25, 0.3) is 0 Å². The van der Waals surface area contributed by atoms with Crippen LogP contribution in [0.1, 0.15) is 33.1 Å². The molecular formula is C11H18O3. The number of aliphatic hydroxyl groups is 1. The molecule has 3 atom stereocenters. The van der Waals surface area contributed by atoms with Gasteiger partial charge in [-0.05, 0) is 38.2 Å². The highest BCUT2D eigenvalue weighted by Crippen LogP contribution is 2.17. The van der Waals surface area contributed by atoms with E-state index in [0.717, 1.165) is 19.3 Å². The van der Waals surface area contributed by atoms with Crippen molar-refractivity contribution in [2.24, 2.45) is 5.92 Å². The Morgan fingerprint density at radius 3 is 2.79 bits per heavy atom. The third-order valence-electron chi connectivity index (χ3n) is 2.69. The zero-order valence-electron chi connectivity index (χ0n) is 8.77. The fourth-order valence-corrected chi connectivity index (χ4v) is 1.45. The Bertz CT molecular complexity index is 221. The maximum absolute atomic E-state index is 10.7. The van der Waals surface area contributed by atoms with Gasteiger partial charge in [-0.25, -0.2) is 4.79 Å². The van der Waals surface area contributed by atoms with Crippen molar-refractivity contribution in [1.82, 2.24) is 0 Å². The molecule has 0 aromatic carbocycles. The summed E-state index contributed by atoms with van der Waals surface area (Å²) in [6.07, 6.45) is 5.80. The Morgan fingerprint density at radius 2 is 2.29 bits per heavy atom. The number of hydrogen-bond donors (Lipinski definition) is 1. The van der Waals surface area contributed by atoms with Gasteiger partial charge in [-0.3, -0.25) is 0 Å². The van der Waals surface area contributed by atoms with Crippen LogP contribution < -0.4 is 0 Å². The van der Waals surface area contributed by atoms with E-state index >= 15 is 0 Å². The van der Waals surface area contributed by atoms with Crippen molar-refractivity contribution in [2.45, 2.75) is 45.3 Å².